The molecule has 0 radical (unpaired) electrons. The number of hydrogen-bond acceptors (Lipinski definition) is 7. The van der Waals surface area contributed by atoms with Crippen molar-refractivity contribution in [1.29, 1.82) is 0 Å². The molecular formula is C19H20N4O2S3. The van der Waals surface area contributed by atoms with E-state index in [9.17, 15) is 9.59 Å². The molecule has 1 aliphatic heterocycles. The molecule has 28 heavy (non-hydrogen) atoms. The number of benzene rings is 1. The van der Waals surface area contributed by atoms with E-state index in [0.29, 0.717) is 14.4 Å². The number of aryl methyl sites for hydroxylation is 1. The number of carbonyl (C=O) groups is 2. The van der Waals surface area contributed by atoms with Gasteiger partial charge in [-0.15, -0.1) is 10.2 Å². The minimum Gasteiger partial charge on any atom is -0.300 e. The number of hydrogen-bond donors (Lipinski definition) is 1. The number of carbonyl (C=O) groups excluding carboxylic acids is 2. The highest BCUT2D eigenvalue weighted by molar-refractivity contribution is 8.26. The Bertz CT molecular complexity index is 896. The van der Waals surface area contributed by atoms with E-state index in [0.717, 1.165) is 29.8 Å². The third-order valence-corrected chi connectivity index (χ3v) is 6.27. The summed E-state index contributed by atoms with van der Waals surface area (Å²) in [7, 11) is 0. The van der Waals surface area contributed by atoms with Gasteiger partial charge in [0.2, 0.25) is 11.0 Å². The smallest absolute Gasteiger partial charge is 0.266 e. The molecule has 0 bridgehead atoms. The van der Waals surface area contributed by atoms with Crippen LogP contribution >= 0.6 is 35.3 Å². The fourth-order valence-corrected chi connectivity index (χ4v) is 4.63. The van der Waals surface area contributed by atoms with Crippen LogP contribution in [-0.4, -0.2) is 37.8 Å². The van der Waals surface area contributed by atoms with Crippen LogP contribution in [0.25, 0.3) is 6.08 Å². The highest BCUT2D eigenvalue weighted by Gasteiger charge is 2.32. The van der Waals surface area contributed by atoms with E-state index in [1.807, 2.05) is 36.4 Å². The van der Waals surface area contributed by atoms with E-state index in [-0.39, 0.29) is 24.8 Å². The van der Waals surface area contributed by atoms with E-state index in [1.165, 1.54) is 28.0 Å². The summed E-state index contributed by atoms with van der Waals surface area (Å²) in [5.74, 6) is -0.372. The predicted octanol–water partition coefficient (Wildman–Crippen LogP) is 4.11. The summed E-state index contributed by atoms with van der Waals surface area (Å²) in [4.78, 5) is 26.8. The van der Waals surface area contributed by atoms with Crippen molar-refractivity contribution in [2.75, 3.05) is 11.9 Å². The molecule has 1 aromatic carbocycles. The zero-order chi connectivity index (χ0) is 19.9. The molecule has 2 amide bonds. The topological polar surface area (TPSA) is 75.2 Å². The van der Waals surface area contributed by atoms with Gasteiger partial charge in [-0.1, -0.05) is 79.0 Å². The lowest BCUT2D eigenvalue weighted by Gasteiger charge is -2.13. The van der Waals surface area contributed by atoms with Gasteiger partial charge in [0.05, 0.1) is 4.91 Å². The number of nitrogens with zero attached hydrogens (tertiary/aromatic N) is 3. The van der Waals surface area contributed by atoms with Crippen molar-refractivity contribution in [1.82, 2.24) is 15.1 Å². The van der Waals surface area contributed by atoms with Crippen LogP contribution in [0.5, 0.6) is 0 Å². The standard InChI is InChI=1S/C19H20N4O2S3/c1-2-3-9-16-21-22-18(28-16)20-15(24)10-11-23-17(25)14(27-19(23)26)12-13-7-5-4-6-8-13/h4-8,12H,2-3,9-11H2,1H3,(H,20,22,24)/b14-12+. The number of thiocarbonyl (C=S) groups is 1. The molecule has 1 saturated heterocycles. The molecule has 1 fully saturated rings. The SMILES string of the molecule is CCCCc1nnc(NC(=O)CCN2C(=O)/C(=C\c3ccccc3)SC2=S)s1. The molecule has 6 nitrogen and oxygen atoms in total. The summed E-state index contributed by atoms with van der Waals surface area (Å²) in [6, 6.07) is 9.61. The van der Waals surface area contributed by atoms with Crippen LogP contribution in [0.4, 0.5) is 5.13 Å². The average molecular weight is 433 g/mol. The summed E-state index contributed by atoms with van der Waals surface area (Å²) < 4.78 is 0.470. The second-order valence-electron chi connectivity index (χ2n) is 6.15. The fraction of sp³-hybridized carbons (Fsp3) is 0.316. The number of aromatic nitrogens is 2. The van der Waals surface area contributed by atoms with Crippen molar-refractivity contribution >= 4 is 62.7 Å². The highest BCUT2D eigenvalue weighted by atomic mass is 32.2. The van der Waals surface area contributed by atoms with Crippen LogP contribution in [0.2, 0.25) is 0 Å². The van der Waals surface area contributed by atoms with Crippen LogP contribution in [0.15, 0.2) is 35.2 Å². The van der Waals surface area contributed by atoms with E-state index in [1.54, 1.807) is 0 Å². The van der Waals surface area contributed by atoms with Gasteiger partial charge < -0.3 is 5.32 Å². The molecule has 0 saturated carbocycles. The lowest BCUT2D eigenvalue weighted by molar-refractivity contribution is -0.122. The van der Waals surface area contributed by atoms with Crippen LogP contribution < -0.4 is 5.32 Å². The van der Waals surface area contributed by atoms with Crippen molar-refractivity contribution in [3.63, 3.8) is 0 Å². The number of thioether (sulfide) groups is 1. The van der Waals surface area contributed by atoms with Gasteiger partial charge in [-0.05, 0) is 18.1 Å². The molecule has 9 heteroatoms. The van der Waals surface area contributed by atoms with Crippen LogP contribution in [-0.2, 0) is 16.0 Å². The number of unbranched alkanes of at least 4 members (excludes halogenated alkanes) is 1. The third kappa shape index (κ3) is 5.46. The quantitative estimate of drug-likeness (QED) is 0.500. The van der Waals surface area contributed by atoms with E-state index < -0.39 is 0 Å². The molecule has 0 atom stereocenters. The van der Waals surface area contributed by atoms with E-state index in [2.05, 4.69) is 22.4 Å². The molecule has 146 valence electrons. The lowest BCUT2D eigenvalue weighted by atomic mass is 10.2. The summed E-state index contributed by atoms with van der Waals surface area (Å²) in [5, 5.41) is 12.2. The Kier molecular flexibility index (Phi) is 7.30. The van der Waals surface area contributed by atoms with Gasteiger partial charge in [0.25, 0.3) is 5.91 Å². The van der Waals surface area contributed by atoms with Crippen molar-refractivity contribution < 1.29 is 9.59 Å². The van der Waals surface area contributed by atoms with Gasteiger partial charge in [-0.25, -0.2) is 0 Å². The van der Waals surface area contributed by atoms with Crippen molar-refractivity contribution in [2.24, 2.45) is 0 Å². The van der Waals surface area contributed by atoms with Crippen molar-refractivity contribution in [3.8, 4) is 0 Å². The number of nitrogens with one attached hydrogen (secondary N) is 1. The fourth-order valence-electron chi connectivity index (χ4n) is 2.52. The van der Waals surface area contributed by atoms with Crippen LogP contribution in [0.1, 0.15) is 36.8 Å². The maximum atomic E-state index is 12.6. The molecule has 1 N–H and O–H groups in total. The minimum atomic E-state index is -0.209. The Hall–Kier alpha value is -2.10. The van der Waals surface area contributed by atoms with Crippen molar-refractivity contribution in [2.45, 2.75) is 32.6 Å². The second kappa shape index (κ2) is 9.90. The van der Waals surface area contributed by atoms with Gasteiger partial charge in [0, 0.05) is 19.4 Å². The maximum Gasteiger partial charge on any atom is 0.266 e. The Balaban J connectivity index is 1.53. The first-order valence-corrected chi connectivity index (χ1v) is 11.0. The van der Waals surface area contributed by atoms with Crippen molar-refractivity contribution in [3.05, 3.63) is 45.8 Å². The number of anilines is 1. The lowest BCUT2D eigenvalue weighted by Crippen LogP contribution is -2.31. The normalized spacial score (nSPS) is 15.5. The molecule has 2 aromatic rings. The van der Waals surface area contributed by atoms with E-state index in [4.69, 9.17) is 12.2 Å². The Labute approximate surface area is 177 Å². The molecule has 0 spiro atoms. The van der Waals surface area contributed by atoms with Gasteiger partial charge in [0.15, 0.2) is 0 Å². The molecule has 2 heterocycles. The molecular weight excluding hydrogens is 412 g/mol. The third-order valence-electron chi connectivity index (χ3n) is 3.99. The first-order chi connectivity index (χ1) is 13.6. The summed E-state index contributed by atoms with van der Waals surface area (Å²) in [6.07, 6.45) is 4.97. The van der Waals surface area contributed by atoms with Crippen LogP contribution in [0.3, 0.4) is 0 Å². The largest absolute Gasteiger partial charge is 0.300 e. The molecule has 1 aromatic heterocycles. The average Bonchev–Trinajstić information content (AvgIpc) is 3.23. The number of rotatable bonds is 8. The number of amides is 2. The molecule has 1 aliphatic rings. The minimum absolute atomic E-state index is 0.148. The maximum absolute atomic E-state index is 12.6. The zero-order valence-corrected chi connectivity index (χ0v) is 17.8. The first-order valence-electron chi connectivity index (χ1n) is 8.99. The Morgan fingerprint density at radius 3 is 2.82 bits per heavy atom. The zero-order valence-electron chi connectivity index (χ0n) is 15.4. The summed E-state index contributed by atoms with van der Waals surface area (Å²) in [5.41, 5.74) is 0.941. The van der Waals surface area contributed by atoms with Gasteiger partial charge in [0.1, 0.15) is 9.33 Å². The first kappa shape index (κ1) is 20.6. The Morgan fingerprint density at radius 2 is 2.07 bits per heavy atom. The molecule has 0 aliphatic carbocycles. The van der Waals surface area contributed by atoms with E-state index >= 15 is 0 Å². The highest BCUT2D eigenvalue weighted by Crippen LogP contribution is 2.32. The van der Waals surface area contributed by atoms with Gasteiger partial charge in [-0.3, -0.25) is 14.5 Å². The Morgan fingerprint density at radius 1 is 1.29 bits per heavy atom. The van der Waals surface area contributed by atoms with Crippen LogP contribution in [0, 0.1) is 0 Å². The predicted molar refractivity (Wildman–Crippen MR) is 118 cm³/mol. The van der Waals surface area contributed by atoms with Gasteiger partial charge in [-0.2, -0.15) is 0 Å². The summed E-state index contributed by atoms with van der Waals surface area (Å²) in [6.45, 7) is 2.36. The summed E-state index contributed by atoms with van der Waals surface area (Å²) >= 11 is 7.96. The molecule has 0 unspecified atom stereocenters. The monoisotopic (exact) mass is 432 g/mol. The van der Waals surface area contributed by atoms with Gasteiger partial charge >= 0.3 is 0 Å². The second-order valence-corrected chi connectivity index (χ2v) is 8.88. The molecule has 3 rings (SSSR count).